The molecule has 1 unspecified atom stereocenters. The van der Waals surface area contributed by atoms with Gasteiger partial charge >= 0.3 is 0 Å². The lowest BCUT2D eigenvalue weighted by Crippen LogP contribution is -2.40. The van der Waals surface area contributed by atoms with Gasteiger partial charge in [0.1, 0.15) is 0 Å². The first-order chi connectivity index (χ1) is 9.77. The molecule has 1 saturated carbocycles. The van der Waals surface area contributed by atoms with Gasteiger partial charge in [-0.25, -0.2) is 0 Å². The highest BCUT2D eigenvalue weighted by Gasteiger charge is 2.21. The summed E-state index contributed by atoms with van der Waals surface area (Å²) < 4.78 is 0. The Labute approximate surface area is 126 Å². The molecule has 0 aromatic heterocycles. The molecule has 0 bridgehead atoms. The zero-order chi connectivity index (χ0) is 14.6. The van der Waals surface area contributed by atoms with Crippen molar-refractivity contribution in [3.63, 3.8) is 0 Å². The van der Waals surface area contributed by atoms with Gasteiger partial charge in [-0.1, -0.05) is 71.6 Å². The second-order valence-electron chi connectivity index (χ2n) is 6.53. The van der Waals surface area contributed by atoms with E-state index in [4.69, 9.17) is 0 Å². The van der Waals surface area contributed by atoms with Crippen LogP contribution in [-0.2, 0) is 4.79 Å². The van der Waals surface area contributed by atoms with E-state index in [0.29, 0.717) is 11.9 Å². The third kappa shape index (κ3) is 7.31. The van der Waals surface area contributed by atoms with Gasteiger partial charge in [-0.15, -0.1) is 0 Å². The summed E-state index contributed by atoms with van der Waals surface area (Å²) in [6, 6.07) is 0.468. The van der Waals surface area contributed by atoms with Gasteiger partial charge < -0.3 is 5.32 Å². The SMILES string of the molecule is CCCCCCCC(CCC)C(=O)NC1CCCCC1. The summed E-state index contributed by atoms with van der Waals surface area (Å²) in [7, 11) is 0. The Morgan fingerprint density at radius 2 is 1.65 bits per heavy atom. The Bertz CT molecular complexity index is 246. The van der Waals surface area contributed by atoms with E-state index in [2.05, 4.69) is 19.2 Å². The van der Waals surface area contributed by atoms with Gasteiger partial charge in [-0.3, -0.25) is 4.79 Å². The summed E-state index contributed by atoms with van der Waals surface area (Å²) >= 11 is 0. The van der Waals surface area contributed by atoms with Crippen LogP contribution in [0.2, 0.25) is 0 Å². The molecule has 2 heteroatoms. The van der Waals surface area contributed by atoms with Crippen LogP contribution in [0.3, 0.4) is 0 Å². The molecule has 1 N–H and O–H groups in total. The molecule has 1 atom stereocenters. The molecule has 1 aliphatic rings. The topological polar surface area (TPSA) is 29.1 Å². The monoisotopic (exact) mass is 281 g/mol. The summed E-state index contributed by atoms with van der Waals surface area (Å²) in [6.07, 6.45) is 16.1. The maximum Gasteiger partial charge on any atom is 0.223 e. The van der Waals surface area contributed by atoms with Crippen molar-refractivity contribution in [2.75, 3.05) is 0 Å². The Morgan fingerprint density at radius 3 is 2.30 bits per heavy atom. The van der Waals surface area contributed by atoms with Crippen molar-refractivity contribution in [2.45, 2.75) is 103 Å². The second-order valence-corrected chi connectivity index (χ2v) is 6.53. The van der Waals surface area contributed by atoms with Crippen molar-refractivity contribution in [1.82, 2.24) is 5.32 Å². The molecule has 0 aromatic rings. The van der Waals surface area contributed by atoms with E-state index < -0.39 is 0 Å². The van der Waals surface area contributed by atoms with Crippen LogP contribution in [0.4, 0.5) is 0 Å². The Hall–Kier alpha value is -0.530. The Kier molecular flexibility index (Phi) is 9.78. The molecule has 0 spiro atoms. The van der Waals surface area contributed by atoms with Crippen molar-refractivity contribution in [3.8, 4) is 0 Å². The van der Waals surface area contributed by atoms with E-state index in [1.54, 1.807) is 0 Å². The van der Waals surface area contributed by atoms with Crippen molar-refractivity contribution in [2.24, 2.45) is 5.92 Å². The van der Waals surface area contributed by atoms with Gasteiger partial charge in [-0.2, -0.15) is 0 Å². The van der Waals surface area contributed by atoms with Crippen LogP contribution in [0.15, 0.2) is 0 Å². The number of nitrogens with one attached hydrogen (secondary N) is 1. The molecule has 118 valence electrons. The zero-order valence-corrected chi connectivity index (χ0v) is 13.8. The Balaban J connectivity index is 2.25. The molecule has 0 saturated heterocycles. The minimum atomic E-state index is 0.267. The van der Waals surface area contributed by atoms with E-state index in [0.717, 1.165) is 19.3 Å². The van der Waals surface area contributed by atoms with Crippen molar-refractivity contribution < 1.29 is 4.79 Å². The minimum Gasteiger partial charge on any atom is -0.353 e. The minimum absolute atomic E-state index is 0.267. The predicted molar refractivity (Wildman–Crippen MR) is 86.8 cm³/mol. The number of unbranched alkanes of at least 4 members (excludes halogenated alkanes) is 4. The first-order valence-electron chi connectivity index (χ1n) is 9.08. The fourth-order valence-corrected chi connectivity index (χ4v) is 3.32. The van der Waals surface area contributed by atoms with Crippen LogP contribution in [0.1, 0.15) is 97.3 Å². The number of carbonyl (C=O) groups is 1. The lowest BCUT2D eigenvalue weighted by molar-refractivity contribution is -0.126. The molecule has 0 aliphatic heterocycles. The van der Waals surface area contributed by atoms with Crippen molar-refractivity contribution >= 4 is 5.91 Å². The molecule has 2 nitrogen and oxygen atoms in total. The van der Waals surface area contributed by atoms with Gasteiger partial charge in [0.2, 0.25) is 5.91 Å². The fraction of sp³-hybridized carbons (Fsp3) is 0.944. The normalized spacial score (nSPS) is 17.9. The molecule has 1 rings (SSSR count). The van der Waals surface area contributed by atoms with Crippen LogP contribution in [0.25, 0.3) is 0 Å². The van der Waals surface area contributed by atoms with Gasteiger partial charge in [0.05, 0.1) is 0 Å². The smallest absolute Gasteiger partial charge is 0.223 e. The van der Waals surface area contributed by atoms with E-state index in [-0.39, 0.29) is 5.92 Å². The summed E-state index contributed by atoms with van der Waals surface area (Å²) in [5, 5.41) is 3.32. The molecule has 20 heavy (non-hydrogen) atoms. The standard InChI is InChI=1S/C18H35NO/c1-3-5-6-7-9-13-16(12-4-2)18(20)19-17-14-10-8-11-15-17/h16-17H,3-15H2,1-2H3,(H,19,20). The second kappa shape index (κ2) is 11.2. The van der Waals surface area contributed by atoms with Crippen LogP contribution >= 0.6 is 0 Å². The number of hydrogen-bond donors (Lipinski definition) is 1. The molecule has 1 amide bonds. The van der Waals surface area contributed by atoms with E-state index in [1.807, 2.05) is 0 Å². The lowest BCUT2D eigenvalue weighted by atomic mass is 9.92. The summed E-state index contributed by atoms with van der Waals surface area (Å²) in [4.78, 5) is 12.4. The van der Waals surface area contributed by atoms with E-state index >= 15 is 0 Å². The highest BCUT2D eigenvalue weighted by atomic mass is 16.1. The van der Waals surface area contributed by atoms with Crippen molar-refractivity contribution in [1.29, 1.82) is 0 Å². The highest BCUT2D eigenvalue weighted by molar-refractivity contribution is 5.78. The first kappa shape index (κ1) is 17.5. The average Bonchev–Trinajstić information content (AvgIpc) is 2.47. The zero-order valence-electron chi connectivity index (χ0n) is 13.8. The summed E-state index contributed by atoms with van der Waals surface area (Å²) in [5.74, 6) is 0.609. The maximum atomic E-state index is 12.4. The van der Waals surface area contributed by atoms with Gasteiger partial charge in [0, 0.05) is 12.0 Å². The van der Waals surface area contributed by atoms with Crippen LogP contribution in [0, 0.1) is 5.92 Å². The molecular formula is C18H35NO. The largest absolute Gasteiger partial charge is 0.353 e. The van der Waals surface area contributed by atoms with Crippen LogP contribution < -0.4 is 5.32 Å². The quantitative estimate of drug-likeness (QED) is 0.547. The average molecular weight is 281 g/mol. The maximum absolute atomic E-state index is 12.4. The third-order valence-electron chi connectivity index (χ3n) is 4.62. The number of rotatable bonds is 10. The number of carbonyl (C=O) groups excluding carboxylic acids is 1. The van der Waals surface area contributed by atoms with E-state index in [1.165, 1.54) is 64.2 Å². The fourth-order valence-electron chi connectivity index (χ4n) is 3.32. The Morgan fingerprint density at radius 1 is 0.950 bits per heavy atom. The van der Waals surface area contributed by atoms with Gasteiger partial charge in [-0.05, 0) is 25.7 Å². The molecule has 1 fully saturated rings. The molecule has 1 aliphatic carbocycles. The first-order valence-corrected chi connectivity index (χ1v) is 9.08. The van der Waals surface area contributed by atoms with E-state index in [9.17, 15) is 4.79 Å². The van der Waals surface area contributed by atoms with Gasteiger partial charge in [0.15, 0.2) is 0 Å². The third-order valence-corrected chi connectivity index (χ3v) is 4.62. The van der Waals surface area contributed by atoms with Crippen LogP contribution in [-0.4, -0.2) is 11.9 Å². The molecule has 0 heterocycles. The summed E-state index contributed by atoms with van der Waals surface area (Å²) in [6.45, 7) is 4.44. The molecule has 0 radical (unpaired) electrons. The predicted octanol–water partition coefficient (Wildman–Crippen LogP) is 5.21. The lowest BCUT2D eigenvalue weighted by Gasteiger charge is -2.25. The number of hydrogen-bond acceptors (Lipinski definition) is 1. The highest BCUT2D eigenvalue weighted by Crippen LogP contribution is 2.21. The number of amides is 1. The summed E-state index contributed by atoms with van der Waals surface area (Å²) in [5.41, 5.74) is 0. The van der Waals surface area contributed by atoms with Gasteiger partial charge in [0.25, 0.3) is 0 Å². The van der Waals surface area contributed by atoms with Crippen LogP contribution in [0.5, 0.6) is 0 Å². The van der Waals surface area contributed by atoms with Crippen molar-refractivity contribution in [3.05, 3.63) is 0 Å². The molecular weight excluding hydrogens is 246 g/mol. The molecule has 0 aromatic carbocycles.